The van der Waals surface area contributed by atoms with E-state index in [2.05, 4.69) is 4.74 Å². The number of fused-ring (bicyclic) bond motifs is 1. The molecule has 0 fully saturated rings. The van der Waals surface area contributed by atoms with Gasteiger partial charge in [-0.3, -0.25) is 0 Å². The van der Waals surface area contributed by atoms with Crippen molar-refractivity contribution in [1.29, 1.82) is 0 Å². The van der Waals surface area contributed by atoms with E-state index in [0.717, 1.165) is 6.07 Å². The number of carbonyl (C=O) groups excluding carboxylic acids is 1. The van der Waals surface area contributed by atoms with Gasteiger partial charge >= 0.3 is 5.97 Å². The molecule has 1 atom stereocenters. The van der Waals surface area contributed by atoms with Gasteiger partial charge in [0.1, 0.15) is 5.82 Å². The van der Waals surface area contributed by atoms with E-state index in [0.29, 0.717) is 5.56 Å². The van der Waals surface area contributed by atoms with E-state index in [4.69, 9.17) is 5.11 Å². The predicted molar refractivity (Wildman–Crippen MR) is 36.8 cm³/mol. The lowest BCUT2D eigenvalue weighted by molar-refractivity contribution is -0.0547. The molecule has 1 aliphatic heterocycles. The minimum Gasteiger partial charge on any atom is -0.428 e. The van der Waals surface area contributed by atoms with E-state index < -0.39 is 18.1 Å². The molecule has 0 aromatic heterocycles. The van der Waals surface area contributed by atoms with Gasteiger partial charge in [-0.15, -0.1) is 0 Å². The fourth-order valence-corrected chi connectivity index (χ4v) is 1.15. The molecular formula is C8H5FO3. The third-order valence-electron chi connectivity index (χ3n) is 1.72. The number of esters is 1. The van der Waals surface area contributed by atoms with Gasteiger partial charge in [0.05, 0.1) is 5.56 Å². The Morgan fingerprint density at radius 1 is 1.50 bits per heavy atom. The summed E-state index contributed by atoms with van der Waals surface area (Å²) in [5, 5.41) is 9.08. The van der Waals surface area contributed by atoms with Crippen LogP contribution >= 0.6 is 0 Å². The highest BCUT2D eigenvalue weighted by atomic mass is 19.1. The Morgan fingerprint density at radius 3 is 3.00 bits per heavy atom. The molecule has 0 saturated carbocycles. The van der Waals surface area contributed by atoms with Crippen LogP contribution in [0.25, 0.3) is 0 Å². The fourth-order valence-electron chi connectivity index (χ4n) is 1.15. The SMILES string of the molecule is O=C1OC(O)c2ccc(F)cc21. The summed E-state index contributed by atoms with van der Waals surface area (Å²) in [5.41, 5.74) is 0.420. The summed E-state index contributed by atoms with van der Waals surface area (Å²) in [4.78, 5) is 10.9. The Kier molecular flexibility index (Phi) is 1.38. The van der Waals surface area contributed by atoms with Crippen molar-refractivity contribution in [1.82, 2.24) is 0 Å². The van der Waals surface area contributed by atoms with E-state index in [1.165, 1.54) is 12.1 Å². The summed E-state index contributed by atoms with van der Waals surface area (Å²) >= 11 is 0. The number of rotatable bonds is 0. The van der Waals surface area contributed by atoms with Crippen LogP contribution in [-0.2, 0) is 4.74 Å². The molecule has 1 aromatic carbocycles. The molecule has 4 heteroatoms. The molecule has 3 nitrogen and oxygen atoms in total. The standard InChI is InChI=1S/C8H5FO3/c9-4-1-2-5-6(3-4)8(11)12-7(5)10/h1-3,7,10H. The Bertz CT molecular complexity index is 348. The van der Waals surface area contributed by atoms with Gasteiger partial charge in [0, 0.05) is 5.56 Å². The second kappa shape index (κ2) is 2.28. The van der Waals surface area contributed by atoms with Gasteiger partial charge in [0.15, 0.2) is 0 Å². The summed E-state index contributed by atoms with van der Waals surface area (Å²) in [7, 11) is 0. The Morgan fingerprint density at radius 2 is 2.25 bits per heavy atom. The zero-order valence-corrected chi connectivity index (χ0v) is 5.95. The third-order valence-corrected chi connectivity index (χ3v) is 1.72. The number of halogens is 1. The summed E-state index contributed by atoms with van der Waals surface area (Å²) in [5.74, 6) is -1.20. The van der Waals surface area contributed by atoms with E-state index in [1.54, 1.807) is 0 Å². The summed E-state index contributed by atoms with van der Waals surface area (Å²) in [6.45, 7) is 0. The number of hydrogen-bond acceptors (Lipinski definition) is 3. The van der Waals surface area contributed by atoms with Crippen LogP contribution in [0, 0.1) is 5.82 Å². The average molecular weight is 168 g/mol. The van der Waals surface area contributed by atoms with Gasteiger partial charge in [-0.1, -0.05) is 0 Å². The number of benzene rings is 1. The van der Waals surface area contributed by atoms with Crippen molar-refractivity contribution in [3.8, 4) is 0 Å². The Labute approximate surface area is 67.4 Å². The van der Waals surface area contributed by atoms with Crippen molar-refractivity contribution < 1.29 is 19.0 Å². The lowest BCUT2D eigenvalue weighted by Gasteiger charge is -1.99. The normalized spacial score (nSPS) is 20.5. The summed E-state index contributed by atoms with van der Waals surface area (Å²) in [6.07, 6.45) is -1.24. The number of aliphatic hydroxyl groups is 1. The molecule has 12 heavy (non-hydrogen) atoms. The lowest BCUT2D eigenvalue weighted by Crippen LogP contribution is -1.96. The van der Waals surface area contributed by atoms with Gasteiger partial charge in [-0.05, 0) is 18.2 Å². The first-order valence-corrected chi connectivity index (χ1v) is 3.37. The number of carbonyl (C=O) groups is 1. The average Bonchev–Trinajstić information content (AvgIpc) is 2.28. The summed E-state index contributed by atoms with van der Waals surface area (Å²) < 4.78 is 17.0. The number of hydrogen-bond donors (Lipinski definition) is 1. The molecule has 0 aliphatic carbocycles. The molecule has 2 rings (SSSR count). The molecule has 0 radical (unpaired) electrons. The molecule has 0 spiro atoms. The van der Waals surface area contributed by atoms with Crippen LogP contribution in [0.2, 0.25) is 0 Å². The minimum atomic E-state index is -1.24. The second-order valence-corrected chi connectivity index (χ2v) is 2.49. The van der Waals surface area contributed by atoms with E-state index in [9.17, 15) is 9.18 Å². The van der Waals surface area contributed by atoms with E-state index >= 15 is 0 Å². The monoisotopic (exact) mass is 168 g/mol. The van der Waals surface area contributed by atoms with Crippen molar-refractivity contribution in [2.45, 2.75) is 6.29 Å². The highest BCUT2D eigenvalue weighted by molar-refractivity contribution is 5.93. The van der Waals surface area contributed by atoms with Gasteiger partial charge in [0.2, 0.25) is 6.29 Å². The largest absolute Gasteiger partial charge is 0.428 e. The molecule has 0 bridgehead atoms. The third kappa shape index (κ3) is 0.887. The first-order chi connectivity index (χ1) is 5.68. The van der Waals surface area contributed by atoms with Gasteiger partial charge in [0.25, 0.3) is 0 Å². The van der Waals surface area contributed by atoms with Gasteiger partial charge in [-0.2, -0.15) is 0 Å². The van der Waals surface area contributed by atoms with Crippen LogP contribution in [0.4, 0.5) is 4.39 Å². The highest BCUT2D eigenvalue weighted by Gasteiger charge is 2.29. The zero-order valence-electron chi connectivity index (χ0n) is 5.95. The minimum absolute atomic E-state index is 0.0995. The van der Waals surface area contributed by atoms with Crippen LogP contribution in [0.1, 0.15) is 22.2 Å². The van der Waals surface area contributed by atoms with Crippen molar-refractivity contribution in [3.63, 3.8) is 0 Å². The second-order valence-electron chi connectivity index (χ2n) is 2.49. The highest BCUT2D eigenvalue weighted by Crippen LogP contribution is 2.28. The fraction of sp³-hybridized carbons (Fsp3) is 0.125. The number of ether oxygens (including phenoxy) is 1. The van der Waals surface area contributed by atoms with Crippen LogP contribution in [-0.4, -0.2) is 11.1 Å². The van der Waals surface area contributed by atoms with Crippen molar-refractivity contribution >= 4 is 5.97 Å². The smallest absolute Gasteiger partial charge is 0.341 e. The Hall–Kier alpha value is -1.42. The summed E-state index contributed by atoms with van der Waals surface area (Å²) in [6, 6.07) is 3.55. The first kappa shape index (κ1) is 7.24. The van der Waals surface area contributed by atoms with Gasteiger partial charge < -0.3 is 9.84 Å². The first-order valence-electron chi connectivity index (χ1n) is 3.37. The van der Waals surface area contributed by atoms with E-state index in [-0.39, 0.29) is 5.56 Å². The molecule has 1 heterocycles. The molecule has 1 N–H and O–H groups in total. The lowest BCUT2D eigenvalue weighted by atomic mass is 10.1. The molecule has 1 aromatic rings. The van der Waals surface area contributed by atoms with Crippen molar-refractivity contribution in [2.24, 2.45) is 0 Å². The van der Waals surface area contributed by atoms with Crippen LogP contribution in [0.3, 0.4) is 0 Å². The maximum atomic E-state index is 12.6. The Balaban J connectivity index is 2.60. The van der Waals surface area contributed by atoms with Crippen molar-refractivity contribution in [3.05, 3.63) is 35.1 Å². The topological polar surface area (TPSA) is 46.5 Å². The quantitative estimate of drug-likeness (QED) is 0.587. The molecule has 1 unspecified atom stereocenters. The zero-order chi connectivity index (χ0) is 8.72. The molecular weight excluding hydrogens is 163 g/mol. The number of cyclic esters (lactones) is 1. The van der Waals surface area contributed by atoms with Crippen LogP contribution < -0.4 is 0 Å². The molecule has 0 saturated heterocycles. The van der Waals surface area contributed by atoms with Crippen LogP contribution in [0.5, 0.6) is 0 Å². The maximum absolute atomic E-state index is 12.6. The molecule has 1 aliphatic rings. The van der Waals surface area contributed by atoms with Crippen LogP contribution in [0.15, 0.2) is 18.2 Å². The predicted octanol–water partition coefficient (Wildman–Crippen LogP) is 0.987. The van der Waals surface area contributed by atoms with E-state index in [1.807, 2.05) is 0 Å². The molecule has 0 amide bonds. The maximum Gasteiger partial charge on any atom is 0.341 e. The van der Waals surface area contributed by atoms with Gasteiger partial charge in [-0.25, -0.2) is 9.18 Å². The number of aliphatic hydroxyl groups excluding tert-OH is 1. The molecule has 62 valence electrons. The van der Waals surface area contributed by atoms with Crippen molar-refractivity contribution in [2.75, 3.05) is 0 Å².